The van der Waals surface area contributed by atoms with Gasteiger partial charge in [0, 0.05) is 39.9 Å². The van der Waals surface area contributed by atoms with Crippen molar-refractivity contribution in [3.8, 4) is 0 Å². The van der Waals surface area contributed by atoms with Crippen LogP contribution in [0.5, 0.6) is 0 Å². The normalized spacial score (nSPS) is 31.0. The number of fused-ring (bicyclic) bond motifs is 14. The van der Waals surface area contributed by atoms with Crippen LogP contribution < -0.4 is 5.32 Å². The summed E-state index contributed by atoms with van der Waals surface area (Å²) in [6.07, 6.45) is 4.61. The molecule has 5 aromatic rings. The Morgan fingerprint density at radius 2 is 1.71 bits per heavy atom. The zero-order valence-electron chi connectivity index (χ0n) is 20.0. The molecule has 1 saturated carbocycles. The predicted molar refractivity (Wildman–Crippen MR) is 137 cm³/mol. The van der Waals surface area contributed by atoms with Gasteiger partial charge < -0.3 is 19.2 Å². The Kier molecular flexibility index (Phi) is 3.10. The SMILES string of the molecule is CC1CCC2(C1)C[C@H]1O[C@]2(C)n2c3ccccc3c3c4c(c5c6ccccc6n1c5c32)C(=O)NC4. The first-order chi connectivity index (χ1) is 17.0. The summed E-state index contributed by atoms with van der Waals surface area (Å²) >= 11 is 0. The van der Waals surface area contributed by atoms with E-state index in [1.165, 1.54) is 52.1 Å². The van der Waals surface area contributed by atoms with Crippen LogP contribution in [0.15, 0.2) is 48.5 Å². The van der Waals surface area contributed by atoms with Gasteiger partial charge in [-0.2, -0.15) is 0 Å². The number of aromatic nitrogens is 2. The lowest BCUT2D eigenvalue weighted by molar-refractivity contribution is -0.143. The summed E-state index contributed by atoms with van der Waals surface area (Å²) in [6.45, 7) is 5.34. The topological polar surface area (TPSA) is 48.2 Å². The van der Waals surface area contributed by atoms with Gasteiger partial charge in [-0.1, -0.05) is 43.3 Å². The average molecular weight is 462 g/mol. The van der Waals surface area contributed by atoms with Gasteiger partial charge in [0.05, 0.1) is 27.6 Å². The lowest BCUT2D eigenvalue weighted by Gasteiger charge is -2.41. The molecule has 1 saturated heterocycles. The molecule has 2 aromatic heterocycles. The van der Waals surface area contributed by atoms with Crippen molar-refractivity contribution in [2.75, 3.05) is 0 Å². The molecule has 5 heteroatoms. The standard InChI is InChI=1S/C30H27N3O2/c1-16-11-12-30(13-16)14-22-32-20-9-5-3-7-17(20)24-25-19(15-31-28(25)34)23-18-8-4-6-10-21(18)33(27(23)26(24)32)29(30,2)35-22/h3-10,16,22H,11-15H2,1-2H3,(H,31,34)/t16?,22-,29+,30?/m1/s1. The highest BCUT2D eigenvalue weighted by Gasteiger charge is 2.62. The fraction of sp³-hybridized carbons (Fsp3) is 0.367. The van der Waals surface area contributed by atoms with Gasteiger partial charge in [0.1, 0.15) is 6.23 Å². The highest BCUT2D eigenvalue weighted by molar-refractivity contribution is 6.31. The Balaban J connectivity index is 1.61. The van der Waals surface area contributed by atoms with Crippen LogP contribution in [0, 0.1) is 11.3 Å². The molecule has 4 atom stereocenters. The van der Waals surface area contributed by atoms with Crippen LogP contribution in [0.3, 0.4) is 0 Å². The summed E-state index contributed by atoms with van der Waals surface area (Å²) in [7, 11) is 0. The van der Waals surface area contributed by atoms with Crippen molar-refractivity contribution < 1.29 is 9.53 Å². The number of amides is 1. The van der Waals surface area contributed by atoms with Crippen LogP contribution in [0.1, 0.15) is 61.7 Å². The molecule has 1 aliphatic carbocycles. The number of nitrogens with zero attached hydrogens (tertiary/aromatic N) is 2. The molecule has 5 heterocycles. The fourth-order valence-corrected chi connectivity index (χ4v) is 8.61. The first kappa shape index (κ1) is 18.9. The third-order valence-electron chi connectivity index (χ3n) is 10.0. The molecule has 1 spiro atoms. The largest absolute Gasteiger partial charge is 0.348 e. The first-order valence-electron chi connectivity index (χ1n) is 13.0. The second-order valence-corrected chi connectivity index (χ2v) is 11.6. The lowest BCUT2D eigenvalue weighted by atomic mass is 9.74. The molecule has 2 bridgehead atoms. The maximum Gasteiger partial charge on any atom is 0.252 e. The van der Waals surface area contributed by atoms with Crippen LogP contribution in [-0.2, 0) is 17.0 Å². The van der Waals surface area contributed by atoms with Crippen molar-refractivity contribution in [3.05, 3.63) is 59.7 Å². The number of para-hydroxylation sites is 2. The summed E-state index contributed by atoms with van der Waals surface area (Å²) in [6, 6.07) is 17.4. The smallest absolute Gasteiger partial charge is 0.252 e. The van der Waals surface area contributed by atoms with Gasteiger partial charge in [0.25, 0.3) is 5.91 Å². The summed E-state index contributed by atoms with van der Waals surface area (Å²) in [5.74, 6) is 0.750. The number of ether oxygens (including phenoxy) is 1. The number of carbonyl (C=O) groups excluding carboxylic acids is 1. The summed E-state index contributed by atoms with van der Waals surface area (Å²) in [4.78, 5) is 13.3. The van der Waals surface area contributed by atoms with Crippen molar-refractivity contribution in [2.24, 2.45) is 11.3 Å². The summed E-state index contributed by atoms with van der Waals surface area (Å²) in [5.41, 5.74) is 6.46. The Morgan fingerprint density at radius 1 is 0.971 bits per heavy atom. The van der Waals surface area contributed by atoms with Crippen LogP contribution >= 0.6 is 0 Å². The van der Waals surface area contributed by atoms with E-state index in [0.29, 0.717) is 12.5 Å². The van der Waals surface area contributed by atoms with Gasteiger partial charge >= 0.3 is 0 Å². The number of rotatable bonds is 0. The zero-order valence-corrected chi connectivity index (χ0v) is 20.0. The minimum atomic E-state index is -0.443. The quantitative estimate of drug-likeness (QED) is 0.284. The number of benzene rings is 3. The minimum absolute atomic E-state index is 0.0444. The molecule has 3 aliphatic heterocycles. The van der Waals surface area contributed by atoms with Gasteiger partial charge in [-0.15, -0.1) is 0 Å². The predicted octanol–water partition coefficient (Wildman–Crippen LogP) is 6.56. The van der Waals surface area contributed by atoms with E-state index in [1.807, 2.05) is 0 Å². The molecule has 2 unspecified atom stereocenters. The highest BCUT2D eigenvalue weighted by atomic mass is 16.5. The third kappa shape index (κ3) is 1.89. The van der Waals surface area contributed by atoms with Crippen molar-refractivity contribution >= 4 is 49.5 Å². The molecule has 9 rings (SSSR count). The van der Waals surface area contributed by atoms with Gasteiger partial charge in [-0.05, 0) is 49.8 Å². The van der Waals surface area contributed by atoms with Crippen molar-refractivity contribution in [1.29, 1.82) is 0 Å². The van der Waals surface area contributed by atoms with E-state index >= 15 is 0 Å². The van der Waals surface area contributed by atoms with E-state index in [9.17, 15) is 4.79 Å². The summed E-state index contributed by atoms with van der Waals surface area (Å²) < 4.78 is 12.3. The number of hydrogen-bond acceptors (Lipinski definition) is 2. The number of nitrogens with one attached hydrogen (secondary N) is 1. The van der Waals surface area contributed by atoms with Gasteiger partial charge in [0.2, 0.25) is 0 Å². The molecule has 35 heavy (non-hydrogen) atoms. The van der Waals surface area contributed by atoms with Crippen molar-refractivity contribution in [3.63, 3.8) is 0 Å². The van der Waals surface area contributed by atoms with Gasteiger partial charge in [-0.3, -0.25) is 4.79 Å². The molecule has 4 aliphatic rings. The van der Waals surface area contributed by atoms with Crippen molar-refractivity contribution in [2.45, 2.75) is 58.0 Å². The molecular weight excluding hydrogens is 434 g/mol. The van der Waals surface area contributed by atoms with Gasteiger partial charge in [-0.25, -0.2) is 0 Å². The monoisotopic (exact) mass is 461 g/mol. The number of carbonyl (C=O) groups is 1. The summed E-state index contributed by atoms with van der Waals surface area (Å²) in [5, 5.41) is 7.87. The van der Waals surface area contributed by atoms with Crippen LogP contribution in [-0.4, -0.2) is 15.0 Å². The Morgan fingerprint density at radius 3 is 2.49 bits per heavy atom. The second-order valence-electron chi connectivity index (χ2n) is 11.6. The second kappa shape index (κ2) is 5.73. The highest BCUT2D eigenvalue weighted by Crippen LogP contribution is 2.66. The van der Waals surface area contributed by atoms with E-state index in [2.05, 4.69) is 76.8 Å². The molecular formula is C30H27N3O2. The molecule has 2 fully saturated rings. The number of hydrogen-bond donors (Lipinski definition) is 1. The van der Waals surface area contributed by atoms with Crippen LogP contribution in [0.4, 0.5) is 0 Å². The molecule has 3 aromatic carbocycles. The third-order valence-corrected chi connectivity index (χ3v) is 10.0. The van der Waals surface area contributed by atoms with E-state index in [1.54, 1.807) is 0 Å². The maximum atomic E-state index is 13.3. The van der Waals surface area contributed by atoms with E-state index in [-0.39, 0.29) is 17.6 Å². The molecule has 174 valence electrons. The molecule has 0 radical (unpaired) electrons. The Bertz CT molecular complexity index is 1810. The molecule has 5 nitrogen and oxygen atoms in total. The van der Waals surface area contributed by atoms with E-state index < -0.39 is 5.72 Å². The van der Waals surface area contributed by atoms with Crippen LogP contribution in [0.2, 0.25) is 0 Å². The fourth-order valence-electron chi connectivity index (χ4n) is 8.61. The Labute approximate surface area is 202 Å². The Hall–Kier alpha value is -3.31. The molecule has 1 N–H and O–H groups in total. The van der Waals surface area contributed by atoms with Crippen LogP contribution in [0.25, 0.3) is 43.6 Å². The maximum absolute atomic E-state index is 13.3. The first-order valence-corrected chi connectivity index (χ1v) is 13.0. The van der Waals surface area contributed by atoms with E-state index in [4.69, 9.17) is 4.74 Å². The zero-order chi connectivity index (χ0) is 23.3. The van der Waals surface area contributed by atoms with Crippen molar-refractivity contribution in [1.82, 2.24) is 14.5 Å². The van der Waals surface area contributed by atoms with E-state index in [0.717, 1.165) is 28.3 Å². The average Bonchev–Trinajstić information content (AvgIpc) is 3.62. The minimum Gasteiger partial charge on any atom is -0.348 e. The molecule has 1 amide bonds. The lowest BCUT2D eigenvalue weighted by Crippen LogP contribution is -2.43. The van der Waals surface area contributed by atoms with Gasteiger partial charge in [0.15, 0.2) is 5.72 Å².